The third kappa shape index (κ3) is 7.29. The first kappa shape index (κ1) is 28.6. The number of nitrogens with zero attached hydrogens (tertiary/aromatic N) is 4. The van der Waals surface area contributed by atoms with Crippen LogP contribution in [0.1, 0.15) is 35.8 Å². The zero-order valence-electron chi connectivity index (χ0n) is 21.9. The molecule has 1 aliphatic heterocycles. The number of anilines is 2. The summed E-state index contributed by atoms with van der Waals surface area (Å²) < 4.78 is 25.2. The number of likely N-dealkylation sites (tertiary alicyclic amines) is 1. The number of piperidine rings is 1. The maximum absolute atomic E-state index is 15.3. The van der Waals surface area contributed by atoms with E-state index in [1.54, 1.807) is 6.92 Å². The molecule has 1 aromatic heterocycles. The third-order valence-electron chi connectivity index (χ3n) is 6.21. The summed E-state index contributed by atoms with van der Waals surface area (Å²) in [6.07, 6.45) is 6.12. The van der Waals surface area contributed by atoms with Crippen LogP contribution in [0.2, 0.25) is 0 Å². The summed E-state index contributed by atoms with van der Waals surface area (Å²) >= 11 is 0. The standard InChI is InChI=1S/C25H35FN8O4/c1-4-38-25(36)18(27)15-34(28)19-5-6-20(37-3)21(26)17(19)14-32-24(35)22-23(30-10-9-29-22)31-13-16-7-11-33(2)12-8-16/h5-6,9-10,15-16H,4,7-8,11-14,27-28H2,1-3H3,(H,30,31)(H,32,35)/b18-15-. The molecule has 3 rings (SSSR count). The van der Waals surface area contributed by atoms with Crippen molar-refractivity contribution >= 4 is 23.4 Å². The molecule has 1 aromatic carbocycles. The van der Waals surface area contributed by atoms with Crippen LogP contribution in [0, 0.1) is 11.7 Å². The van der Waals surface area contributed by atoms with Gasteiger partial charge in [-0.15, -0.1) is 0 Å². The van der Waals surface area contributed by atoms with Crippen LogP contribution < -0.4 is 32.0 Å². The van der Waals surface area contributed by atoms with Gasteiger partial charge in [-0.1, -0.05) is 0 Å². The Labute approximate surface area is 221 Å². The molecule has 1 amide bonds. The highest BCUT2D eigenvalue weighted by atomic mass is 19.1. The van der Waals surface area contributed by atoms with Gasteiger partial charge >= 0.3 is 5.97 Å². The Morgan fingerprint density at radius 3 is 2.66 bits per heavy atom. The van der Waals surface area contributed by atoms with E-state index in [-0.39, 0.29) is 41.5 Å². The van der Waals surface area contributed by atoms with E-state index in [0.29, 0.717) is 18.3 Å². The zero-order chi connectivity index (χ0) is 27.7. The molecule has 2 aromatic rings. The van der Waals surface area contributed by atoms with E-state index in [1.165, 1.54) is 31.6 Å². The summed E-state index contributed by atoms with van der Waals surface area (Å²) in [6, 6.07) is 2.85. The number of nitrogens with two attached hydrogens (primary N) is 2. The summed E-state index contributed by atoms with van der Waals surface area (Å²) in [5, 5.41) is 6.89. The van der Waals surface area contributed by atoms with E-state index in [2.05, 4.69) is 32.5 Å². The Morgan fingerprint density at radius 2 is 1.97 bits per heavy atom. The van der Waals surface area contributed by atoms with Crippen molar-refractivity contribution in [3.05, 3.63) is 53.5 Å². The van der Waals surface area contributed by atoms with Gasteiger partial charge in [0.25, 0.3) is 5.91 Å². The number of benzene rings is 1. The quantitative estimate of drug-likeness (QED) is 0.144. The number of amides is 1. The van der Waals surface area contributed by atoms with Crippen molar-refractivity contribution in [2.75, 3.05) is 50.7 Å². The molecule has 206 valence electrons. The van der Waals surface area contributed by atoms with E-state index in [4.69, 9.17) is 21.1 Å². The largest absolute Gasteiger partial charge is 0.494 e. The number of methoxy groups -OCH3 is 1. The molecule has 1 aliphatic rings. The van der Waals surface area contributed by atoms with Crippen LogP contribution in [0.15, 0.2) is 36.4 Å². The van der Waals surface area contributed by atoms with Crippen LogP contribution in [0.4, 0.5) is 15.9 Å². The van der Waals surface area contributed by atoms with Crippen LogP contribution in [-0.4, -0.2) is 67.1 Å². The Hall–Kier alpha value is -3.97. The molecule has 38 heavy (non-hydrogen) atoms. The monoisotopic (exact) mass is 530 g/mol. The molecule has 0 radical (unpaired) electrons. The number of hydrogen-bond acceptors (Lipinski definition) is 11. The van der Waals surface area contributed by atoms with E-state index in [1.807, 2.05) is 0 Å². The van der Waals surface area contributed by atoms with Gasteiger partial charge in [-0.2, -0.15) is 0 Å². The van der Waals surface area contributed by atoms with Crippen molar-refractivity contribution in [3.63, 3.8) is 0 Å². The van der Waals surface area contributed by atoms with Crippen LogP contribution in [0.5, 0.6) is 5.75 Å². The SMILES string of the molecule is CCOC(=O)/C(N)=C/N(N)c1ccc(OC)c(F)c1CNC(=O)c1nccnc1NCC1CCN(C)CC1. The van der Waals surface area contributed by atoms with Crippen molar-refractivity contribution in [2.24, 2.45) is 17.5 Å². The van der Waals surface area contributed by atoms with Gasteiger partial charge < -0.3 is 30.7 Å². The van der Waals surface area contributed by atoms with Gasteiger partial charge in [0.05, 0.1) is 25.6 Å². The van der Waals surface area contributed by atoms with Crippen molar-refractivity contribution < 1.29 is 23.5 Å². The van der Waals surface area contributed by atoms with Crippen molar-refractivity contribution in [2.45, 2.75) is 26.3 Å². The summed E-state index contributed by atoms with van der Waals surface area (Å²) in [6.45, 7) is 4.21. The molecule has 6 N–H and O–H groups in total. The number of rotatable bonds is 11. The lowest BCUT2D eigenvalue weighted by Gasteiger charge is -2.29. The van der Waals surface area contributed by atoms with Gasteiger partial charge in [-0.05, 0) is 58.0 Å². The predicted octanol–water partition coefficient (Wildman–Crippen LogP) is 1.35. The average Bonchev–Trinajstić information content (AvgIpc) is 2.92. The molecule has 0 unspecified atom stereocenters. The van der Waals surface area contributed by atoms with Gasteiger partial charge in [0, 0.05) is 31.0 Å². The molecule has 0 saturated carbocycles. The molecule has 2 heterocycles. The topological polar surface area (TPSA) is 161 Å². The van der Waals surface area contributed by atoms with Gasteiger partial charge in [0.1, 0.15) is 5.70 Å². The number of nitrogens with one attached hydrogen (secondary N) is 2. The highest BCUT2D eigenvalue weighted by Crippen LogP contribution is 2.29. The zero-order valence-corrected chi connectivity index (χ0v) is 21.9. The number of hydrogen-bond donors (Lipinski definition) is 4. The van der Waals surface area contributed by atoms with Gasteiger partial charge in [-0.3, -0.25) is 9.80 Å². The Balaban J connectivity index is 1.76. The van der Waals surface area contributed by atoms with E-state index in [9.17, 15) is 9.59 Å². The minimum atomic E-state index is -0.769. The predicted molar refractivity (Wildman–Crippen MR) is 140 cm³/mol. The third-order valence-corrected chi connectivity index (χ3v) is 6.21. The Bertz CT molecular complexity index is 1150. The number of carbonyl (C=O) groups excluding carboxylic acids is 2. The number of hydrazine groups is 1. The minimum Gasteiger partial charge on any atom is -0.494 e. The van der Waals surface area contributed by atoms with Crippen LogP contribution in [-0.2, 0) is 16.1 Å². The Kier molecular flexibility index (Phi) is 10.2. The second-order valence-corrected chi connectivity index (χ2v) is 8.86. The van der Waals surface area contributed by atoms with Gasteiger partial charge in [-0.25, -0.2) is 25.0 Å². The molecule has 0 atom stereocenters. The molecule has 0 spiro atoms. The highest BCUT2D eigenvalue weighted by molar-refractivity contribution is 5.96. The number of aromatic nitrogens is 2. The Morgan fingerprint density at radius 1 is 1.26 bits per heavy atom. The van der Waals surface area contributed by atoms with Crippen LogP contribution in [0.25, 0.3) is 0 Å². The smallest absolute Gasteiger partial charge is 0.355 e. The molecule has 0 aliphatic carbocycles. The van der Waals surface area contributed by atoms with Crippen molar-refractivity contribution in [1.29, 1.82) is 0 Å². The van der Waals surface area contributed by atoms with E-state index in [0.717, 1.165) is 37.1 Å². The first-order chi connectivity index (χ1) is 18.2. The van der Waals surface area contributed by atoms with Gasteiger partial charge in [0.15, 0.2) is 23.1 Å². The summed E-state index contributed by atoms with van der Waals surface area (Å²) in [7, 11) is 3.42. The van der Waals surface area contributed by atoms with Crippen molar-refractivity contribution in [3.8, 4) is 5.75 Å². The number of carbonyl (C=O) groups is 2. The molecular formula is C25H35FN8O4. The average molecular weight is 531 g/mol. The number of ether oxygens (including phenoxy) is 2. The maximum atomic E-state index is 15.3. The fraction of sp³-hybridized carbons (Fsp3) is 0.440. The molecule has 1 fully saturated rings. The number of halogens is 1. The van der Waals surface area contributed by atoms with Crippen LogP contribution >= 0.6 is 0 Å². The normalized spacial score (nSPS) is 14.6. The summed E-state index contributed by atoms with van der Waals surface area (Å²) in [4.78, 5) is 35.7. The van der Waals surface area contributed by atoms with Gasteiger partial charge in [0.2, 0.25) is 0 Å². The number of esters is 1. The maximum Gasteiger partial charge on any atom is 0.355 e. The molecule has 12 nitrogen and oxygen atoms in total. The molecular weight excluding hydrogens is 495 g/mol. The lowest BCUT2D eigenvalue weighted by atomic mass is 9.97. The highest BCUT2D eigenvalue weighted by Gasteiger charge is 2.22. The van der Waals surface area contributed by atoms with Crippen LogP contribution in [0.3, 0.4) is 0 Å². The lowest BCUT2D eigenvalue weighted by molar-refractivity contribution is -0.138. The fourth-order valence-electron chi connectivity index (χ4n) is 4.04. The molecule has 1 saturated heterocycles. The first-order valence-corrected chi connectivity index (χ1v) is 12.3. The summed E-state index contributed by atoms with van der Waals surface area (Å²) in [5.74, 6) is 4.77. The first-order valence-electron chi connectivity index (χ1n) is 12.3. The fourth-order valence-corrected chi connectivity index (χ4v) is 4.04. The second-order valence-electron chi connectivity index (χ2n) is 8.86. The van der Waals surface area contributed by atoms with Crippen molar-refractivity contribution in [1.82, 2.24) is 20.2 Å². The molecule has 0 bridgehead atoms. The van der Waals surface area contributed by atoms with E-state index < -0.39 is 17.7 Å². The summed E-state index contributed by atoms with van der Waals surface area (Å²) in [5.41, 5.74) is 5.71. The second kappa shape index (κ2) is 13.5. The van der Waals surface area contributed by atoms with E-state index >= 15 is 4.39 Å². The molecule has 13 heteroatoms. The lowest BCUT2D eigenvalue weighted by Crippen LogP contribution is -2.33. The minimum absolute atomic E-state index is 0.0119.